The van der Waals surface area contributed by atoms with E-state index in [9.17, 15) is 0 Å². The molecule has 1 nitrogen and oxygen atoms in total. The van der Waals surface area contributed by atoms with Crippen LogP contribution in [0.1, 0.15) is 0 Å². The lowest BCUT2D eigenvalue weighted by molar-refractivity contribution is 1.02. The third-order valence-electron chi connectivity index (χ3n) is 0. The second-order valence-electron chi connectivity index (χ2n) is 0.654. The molecular weight excluding hydrogens is 133 g/mol. The first-order chi connectivity index (χ1) is 2.83. The molecule has 0 aromatic carbocycles. The van der Waals surface area contributed by atoms with E-state index < -0.39 is 0 Å². The van der Waals surface area contributed by atoms with Crippen LogP contribution in [-0.4, -0.2) is 14.1 Å². The minimum absolute atomic E-state index is 0. The Morgan fingerprint density at radius 3 is 1.57 bits per heavy atom. The minimum Gasteiger partial charge on any atom is -0.323 e. The number of hydrogen-bond donors (Lipinski definition) is 1. The fourth-order valence-corrected chi connectivity index (χ4v) is 0. The van der Waals surface area contributed by atoms with E-state index in [0.29, 0.717) is 0 Å². The Labute approximate surface area is 56.2 Å². The molecule has 1 N–H and O–H groups in total. The van der Waals surface area contributed by atoms with E-state index in [1.54, 1.807) is 0 Å². The summed E-state index contributed by atoms with van der Waals surface area (Å²) in [5, 5.41) is 2.75. The van der Waals surface area contributed by atoms with Crippen molar-refractivity contribution in [2.24, 2.45) is 0 Å². The summed E-state index contributed by atoms with van der Waals surface area (Å²) in [7, 11) is 3.75. The molecular formula is C4H11Cl2N. The molecule has 7 heavy (non-hydrogen) atoms. The van der Waals surface area contributed by atoms with E-state index in [1.165, 1.54) is 5.54 Å². The first-order valence-corrected chi connectivity index (χ1v) is 2.06. The zero-order valence-electron chi connectivity index (χ0n) is 4.57. The summed E-state index contributed by atoms with van der Waals surface area (Å²) >= 11 is 4.76. The molecule has 0 aromatic heterocycles. The highest BCUT2D eigenvalue weighted by Gasteiger charge is 1.25. The topological polar surface area (TPSA) is 12.0 Å². The van der Waals surface area contributed by atoms with Crippen LogP contribution in [0.25, 0.3) is 0 Å². The van der Waals surface area contributed by atoms with Crippen molar-refractivity contribution in [2.45, 2.75) is 0 Å². The summed E-state index contributed by atoms with van der Waals surface area (Å²) in [6.45, 7) is 3.13. The lowest BCUT2D eigenvalue weighted by Crippen LogP contribution is -1.89. The van der Waals surface area contributed by atoms with Gasteiger partial charge in [0.2, 0.25) is 0 Å². The number of rotatable bonds is 0. The third kappa shape index (κ3) is 1470. The summed E-state index contributed by atoms with van der Waals surface area (Å²) in [5.74, 6) is 0. The molecule has 0 aliphatic carbocycles. The maximum atomic E-state index is 4.76. The van der Waals surface area contributed by atoms with Gasteiger partial charge in [-0.1, -0.05) is 18.2 Å². The monoisotopic (exact) mass is 143 g/mol. The molecule has 0 unspecified atom stereocenters. The summed E-state index contributed by atoms with van der Waals surface area (Å²) in [6, 6.07) is 0. The Kier molecular flexibility index (Phi) is 75.4. The number of halogens is 2. The van der Waals surface area contributed by atoms with Crippen LogP contribution in [0.15, 0.2) is 12.1 Å². The van der Waals surface area contributed by atoms with Crippen molar-refractivity contribution in [2.75, 3.05) is 14.1 Å². The first-order valence-electron chi connectivity index (χ1n) is 1.63. The van der Waals surface area contributed by atoms with Crippen LogP contribution >= 0.6 is 24.0 Å². The van der Waals surface area contributed by atoms with Crippen molar-refractivity contribution < 1.29 is 0 Å². The van der Waals surface area contributed by atoms with Crippen molar-refractivity contribution in [3.63, 3.8) is 0 Å². The van der Waals surface area contributed by atoms with Gasteiger partial charge < -0.3 is 5.32 Å². The lowest BCUT2D eigenvalue weighted by Gasteiger charge is -1.59. The van der Waals surface area contributed by atoms with Crippen LogP contribution in [0.2, 0.25) is 0 Å². The van der Waals surface area contributed by atoms with Gasteiger partial charge in [0, 0.05) is 0 Å². The zero-order valence-corrected chi connectivity index (χ0v) is 6.14. The van der Waals surface area contributed by atoms with Gasteiger partial charge in [-0.3, -0.25) is 0 Å². The second kappa shape index (κ2) is 33.7. The van der Waals surface area contributed by atoms with Crippen LogP contribution in [-0.2, 0) is 0 Å². The molecule has 0 radical (unpaired) electrons. The van der Waals surface area contributed by atoms with Crippen LogP contribution in [0, 0.1) is 0 Å². The Balaban J connectivity index is -0.0000000400. The molecule has 0 saturated heterocycles. The lowest BCUT2D eigenvalue weighted by atomic mass is 11.3. The predicted octanol–water partition coefficient (Wildman–Crippen LogP) is 1.63. The summed E-state index contributed by atoms with van der Waals surface area (Å²) < 4.78 is 0. The van der Waals surface area contributed by atoms with Crippen molar-refractivity contribution in [3.05, 3.63) is 12.1 Å². The van der Waals surface area contributed by atoms with E-state index in [4.69, 9.17) is 11.6 Å². The average Bonchev–Trinajstić information content (AvgIpc) is 1.39. The molecule has 3 heteroatoms. The molecule has 0 amide bonds. The average molecular weight is 144 g/mol. The Morgan fingerprint density at radius 2 is 1.57 bits per heavy atom. The Morgan fingerprint density at radius 1 is 1.57 bits per heavy atom. The van der Waals surface area contributed by atoms with E-state index >= 15 is 0 Å². The molecule has 0 saturated carbocycles. The van der Waals surface area contributed by atoms with Gasteiger partial charge in [-0.25, -0.2) is 0 Å². The van der Waals surface area contributed by atoms with Gasteiger partial charge in [0.15, 0.2) is 0 Å². The van der Waals surface area contributed by atoms with Crippen molar-refractivity contribution >= 4 is 24.0 Å². The molecule has 0 fully saturated rings. The van der Waals surface area contributed by atoms with Crippen molar-refractivity contribution in [1.29, 1.82) is 0 Å². The van der Waals surface area contributed by atoms with Crippen molar-refractivity contribution in [3.8, 4) is 0 Å². The SMILES string of the molecule is C=CCl.CNC.Cl. The van der Waals surface area contributed by atoms with Gasteiger partial charge in [-0.2, -0.15) is 0 Å². The predicted molar refractivity (Wildman–Crippen MR) is 38.3 cm³/mol. The summed E-state index contributed by atoms with van der Waals surface area (Å²) in [4.78, 5) is 0. The van der Waals surface area contributed by atoms with Gasteiger partial charge in [0.05, 0.1) is 0 Å². The zero-order chi connectivity index (χ0) is 5.41. The molecule has 0 rings (SSSR count). The van der Waals surface area contributed by atoms with Crippen LogP contribution < -0.4 is 5.32 Å². The Bertz CT molecular complexity index is 23.7. The fourth-order valence-electron chi connectivity index (χ4n) is 0. The van der Waals surface area contributed by atoms with Gasteiger partial charge in [0.25, 0.3) is 0 Å². The molecule has 0 bridgehead atoms. The summed E-state index contributed by atoms with van der Waals surface area (Å²) in [6.07, 6.45) is 0. The van der Waals surface area contributed by atoms with Gasteiger partial charge in [0.1, 0.15) is 0 Å². The van der Waals surface area contributed by atoms with Crippen LogP contribution in [0.4, 0.5) is 0 Å². The summed E-state index contributed by atoms with van der Waals surface area (Å²) in [5.41, 5.74) is 1.22. The third-order valence-corrected chi connectivity index (χ3v) is 0. The molecule has 46 valence electrons. The quantitative estimate of drug-likeness (QED) is 0.544. The highest BCUT2D eigenvalue weighted by molar-refractivity contribution is 6.25. The van der Waals surface area contributed by atoms with Gasteiger partial charge >= 0.3 is 0 Å². The van der Waals surface area contributed by atoms with Crippen LogP contribution in [0.3, 0.4) is 0 Å². The second-order valence-corrected chi connectivity index (χ2v) is 0.963. The van der Waals surface area contributed by atoms with E-state index in [-0.39, 0.29) is 12.4 Å². The molecule has 0 aliphatic rings. The molecule has 0 heterocycles. The van der Waals surface area contributed by atoms with E-state index in [0.717, 1.165) is 0 Å². The molecule has 0 atom stereocenters. The molecule has 0 aromatic rings. The fraction of sp³-hybridized carbons (Fsp3) is 0.500. The first kappa shape index (κ1) is 15.7. The van der Waals surface area contributed by atoms with Gasteiger partial charge in [-0.05, 0) is 19.6 Å². The number of hydrogen-bond acceptors (Lipinski definition) is 1. The van der Waals surface area contributed by atoms with Gasteiger partial charge in [-0.15, -0.1) is 12.4 Å². The van der Waals surface area contributed by atoms with Crippen molar-refractivity contribution in [1.82, 2.24) is 5.32 Å². The molecule has 0 spiro atoms. The maximum Gasteiger partial charge on any atom is -0.00296 e. The molecule has 0 aliphatic heterocycles. The number of nitrogens with one attached hydrogen (secondary N) is 1. The van der Waals surface area contributed by atoms with E-state index in [2.05, 4.69) is 11.9 Å². The Hall–Kier alpha value is 0.280. The van der Waals surface area contributed by atoms with E-state index in [1.807, 2.05) is 14.1 Å². The maximum absolute atomic E-state index is 4.76. The normalized spacial score (nSPS) is 4.43. The smallest absolute Gasteiger partial charge is 0.00296 e. The minimum atomic E-state index is 0. The van der Waals surface area contributed by atoms with Crippen LogP contribution in [0.5, 0.6) is 0 Å². The standard InChI is InChI=1S/C2H3Cl.C2H7N.ClH/c1-2-3;1-3-2;/h2H,1H2;3H,1-2H3;1H. The largest absolute Gasteiger partial charge is 0.323 e. The highest BCUT2D eigenvalue weighted by atomic mass is 35.5. The highest BCUT2D eigenvalue weighted by Crippen LogP contribution is 1.60.